The molecule has 0 unspecified atom stereocenters. The van der Waals surface area contributed by atoms with Crippen LogP contribution in [0.5, 0.6) is 0 Å². The molecular formula is C21H16ClFN2O4. The highest BCUT2D eigenvalue weighted by Gasteiger charge is 2.38. The van der Waals surface area contributed by atoms with Gasteiger partial charge in [0.2, 0.25) is 5.91 Å². The van der Waals surface area contributed by atoms with Crippen molar-refractivity contribution < 1.29 is 18.9 Å². The number of ketones is 1. The Morgan fingerprint density at radius 1 is 1.03 bits per heavy atom. The lowest BCUT2D eigenvalue weighted by atomic mass is 9.73. The van der Waals surface area contributed by atoms with Gasteiger partial charge in [0.1, 0.15) is 10.8 Å². The van der Waals surface area contributed by atoms with Crippen LogP contribution in [0.25, 0.3) is 0 Å². The second-order valence-corrected chi connectivity index (χ2v) is 7.65. The van der Waals surface area contributed by atoms with Crippen LogP contribution in [-0.2, 0) is 9.59 Å². The number of hydrogen-bond donors (Lipinski definition) is 1. The first-order valence-electron chi connectivity index (χ1n) is 9.09. The van der Waals surface area contributed by atoms with Crippen LogP contribution in [-0.4, -0.2) is 16.6 Å². The number of allylic oxidation sites excluding steroid dienone is 2. The predicted molar refractivity (Wildman–Crippen MR) is 104 cm³/mol. The number of rotatable bonds is 3. The van der Waals surface area contributed by atoms with Crippen LogP contribution in [0.1, 0.15) is 42.2 Å². The zero-order valence-electron chi connectivity index (χ0n) is 15.2. The minimum absolute atomic E-state index is 0.000409. The molecule has 8 heteroatoms. The molecule has 0 aromatic heterocycles. The fourth-order valence-corrected chi connectivity index (χ4v) is 4.29. The van der Waals surface area contributed by atoms with Crippen molar-refractivity contribution in [2.24, 2.45) is 0 Å². The van der Waals surface area contributed by atoms with Gasteiger partial charge >= 0.3 is 0 Å². The first-order valence-corrected chi connectivity index (χ1v) is 9.46. The summed E-state index contributed by atoms with van der Waals surface area (Å²) < 4.78 is 13.2. The normalized spacial score (nSPS) is 21.6. The largest absolute Gasteiger partial charge is 0.329 e. The van der Waals surface area contributed by atoms with Crippen LogP contribution in [0.15, 0.2) is 53.7 Å². The summed E-state index contributed by atoms with van der Waals surface area (Å²) in [5.74, 6) is -1.45. The maximum Gasteiger partial charge on any atom is 0.288 e. The Bertz CT molecular complexity index is 1060. The van der Waals surface area contributed by atoms with E-state index in [1.54, 1.807) is 18.2 Å². The summed E-state index contributed by atoms with van der Waals surface area (Å²) in [4.78, 5) is 36.0. The monoisotopic (exact) mass is 414 g/mol. The van der Waals surface area contributed by atoms with Gasteiger partial charge in [0.25, 0.3) is 5.69 Å². The molecule has 0 spiro atoms. The molecule has 0 saturated heterocycles. The highest BCUT2D eigenvalue weighted by Crippen LogP contribution is 2.43. The number of carbonyl (C=O) groups is 2. The van der Waals surface area contributed by atoms with E-state index in [9.17, 15) is 24.1 Å². The van der Waals surface area contributed by atoms with Gasteiger partial charge in [-0.15, -0.1) is 0 Å². The van der Waals surface area contributed by atoms with Gasteiger partial charge in [-0.3, -0.25) is 19.7 Å². The second kappa shape index (κ2) is 7.40. The molecule has 2 aliphatic rings. The molecule has 1 N–H and O–H groups in total. The van der Waals surface area contributed by atoms with Crippen LogP contribution < -0.4 is 5.32 Å². The topological polar surface area (TPSA) is 89.3 Å². The van der Waals surface area contributed by atoms with E-state index in [1.165, 1.54) is 24.3 Å². The third kappa shape index (κ3) is 3.65. The molecule has 0 saturated carbocycles. The van der Waals surface area contributed by atoms with Crippen LogP contribution in [0.4, 0.5) is 10.1 Å². The van der Waals surface area contributed by atoms with Gasteiger partial charge < -0.3 is 5.32 Å². The number of carbonyl (C=O) groups excluding carboxylic acids is 2. The average Bonchev–Trinajstić information content (AvgIpc) is 2.67. The molecule has 1 heterocycles. The number of amides is 1. The van der Waals surface area contributed by atoms with Crippen molar-refractivity contribution >= 4 is 29.0 Å². The fourth-order valence-electron chi connectivity index (χ4n) is 4.10. The molecule has 1 amide bonds. The summed E-state index contributed by atoms with van der Waals surface area (Å²) in [5, 5.41) is 14.0. The number of hydrogen-bond acceptors (Lipinski definition) is 4. The lowest BCUT2D eigenvalue weighted by molar-refractivity contribution is -0.384. The van der Waals surface area contributed by atoms with E-state index >= 15 is 0 Å². The van der Waals surface area contributed by atoms with E-state index in [-0.39, 0.29) is 47.0 Å². The van der Waals surface area contributed by atoms with Crippen LogP contribution in [0.2, 0.25) is 5.02 Å². The Morgan fingerprint density at radius 2 is 1.72 bits per heavy atom. The molecule has 0 bridgehead atoms. The average molecular weight is 415 g/mol. The summed E-state index contributed by atoms with van der Waals surface area (Å²) in [6.07, 6.45) is 0.696. The first-order chi connectivity index (χ1) is 13.8. The quantitative estimate of drug-likeness (QED) is 0.595. The molecule has 29 heavy (non-hydrogen) atoms. The van der Waals surface area contributed by atoms with Crippen molar-refractivity contribution in [3.63, 3.8) is 0 Å². The molecule has 6 nitrogen and oxygen atoms in total. The molecule has 2 aromatic carbocycles. The van der Waals surface area contributed by atoms with Crippen LogP contribution in [0, 0.1) is 15.9 Å². The third-order valence-corrected chi connectivity index (χ3v) is 5.77. The molecule has 148 valence electrons. The zero-order valence-corrected chi connectivity index (χ0v) is 15.9. The smallest absolute Gasteiger partial charge is 0.288 e. The van der Waals surface area contributed by atoms with Crippen LogP contribution in [0.3, 0.4) is 0 Å². The van der Waals surface area contributed by atoms with E-state index in [0.717, 1.165) is 5.56 Å². The summed E-state index contributed by atoms with van der Waals surface area (Å²) in [6, 6.07) is 10.3. The van der Waals surface area contributed by atoms with Crippen molar-refractivity contribution in [2.75, 3.05) is 0 Å². The van der Waals surface area contributed by atoms with Gasteiger partial charge in [-0.1, -0.05) is 29.8 Å². The van der Waals surface area contributed by atoms with Crippen molar-refractivity contribution in [1.82, 2.24) is 5.32 Å². The number of benzene rings is 2. The number of nitrogens with zero attached hydrogens (tertiary/aromatic N) is 1. The summed E-state index contributed by atoms with van der Waals surface area (Å²) in [5.41, 5.74) is 2.10. The molecule has 2 aromatic rings. The Morgan fingerprint density at radius 3 is 2.41 bits per heavy atom. The molecule has 0 radical (unpaired) electrons. The lowest BCUT2D eigenvalue weighted by Gasteiger charge is -2.34. The number of nitro benzene ring substituents is 1. The molecule has 2 atom stereocenters. The van der Waals surface area contributed by atoms with E-state index in [4.69, 9.17) is 11.6 Å². The molecule has 0 fully saturated rings. The van der Waals surface area contributed by atoms with E-state index < -0.39 is 10.8 Å². The van der Waals surface area contributed by atoms with E-state index in [2.05, 4.69) is 5.32 Å². The number of nitro groups is 1. The number of nitrogens with one attached hydrogen (secondary N) is 1. The van der Waals surface area contributed by atoms with Crippen molar-refractivity contribution in [3.05, 3.63) is 85.8 Å². The third-order valence-electron chi connectivity index (χ3n) is 5.45. The minimum Gasteiger partial charge on any atom is -0.329 e. The molecule has 1 aliphatic carbocycles. The van der Waals surface area contributed by atoms with E-state index in [0.29, 0.717) is 23.3 Å². The Hall–Kier alpha value is -3.06. The molecular weight excluding hydrogens is 399 g/mol. The van der Waals surface area contributed by atoms with Gasteiger partial charge in [-0.2, -0.15) is 0 Å². The van der Waals surface area contributed by atoms with Gasteiger partial charge in [0.15, 0.2) is 5.78 Å². The van der Waals surface area contributed by atoms with Gasteiger partial charge in [-0.05, 0) is 41.7 Å². The Labute approximate surface area is 170 Å². The van der Waals surface area contributed by atoms with Crippen molar-refractivity contribution in [1.29, 1.82) is 0 Å². The lowest BCUT2D eigenvalue weighted by Crippen LogP contribution is -2.38. The number of halogens is 2. The standard InChI is InChI=1S/C21H16ClFN2O4/c22-16-6-3-12(8-18(16)25(28)29)15-10-20(27)24-17-7-13(9-19(26)21(15)17)11-1-4-14(23)5-2-11/h1-6,8,13,15H,7,9-10H2,(H,24,27)/t13-,15+/m1/s1. The fraction of sp³-hybridized carbons (Fsp3) is 0.238. The van der Waals surface area contributed by atoms with E-state index in [1.807, 2.05) is 0 Å². The summed E-state index contributed by atoms with van der Waals surface area (Å²) in [6.45, 7) is 0. The predicted octanol–water partition coefficient (Wildman–Crippen LogP) is 4.39. The highest BCUT2D eigenvalue weighted by molar-refractivity contribution is 6.32. The zero-order chi connectivity index (χ0) is 20.7. The minimum atomic E-state index is -0.586. The Balaban J connectivity index is 1.73. The molecule has 1 aliphatic heterocycles. The molecule has 4 rings (SSSR count). The Kier molecular flexibility index (Phi) is 4.92. The first kappa shape index (κ1) is 19.3. The SMILES string of the molecule is O=C1C[C@@H](c2ccc(Cl)c([N+](=O)[O-])c2)C2=C(C[C@@H](c3ccc(F)cc3)CC2=O)N1. The number of Topliss-reactive ketones (excluding diaryl/α,β-unsaturated/α-hetero) is 1. The van der Waals surface area contributed by atoms with Gasteiger partial charge in [0.05, 0.1) is 4.92 Å². The van der Waals surface area contributed by atoms with Gasteiger partial charge in [0, 0.05) is 36.1 Å². The van der Waals surface area contributed by atoms with Crippen molar-refractivity contribution in [3.8, 4) is 0 Å². The maximum atomic E-state index is 13.2. The maximum absolute atomic E-state index is 13.2. The summed E-state index contributed by atoms with van der Waals surface area (Å²) in [7, 11) is 0. The second-order valence-electron chi connectivity index (χ2n) is 7.24. The highest BCUT2D eigenvalue weighted by atomic mass is 35.5. The van der Waals surface area contributed by atoms with Crippen molar-refractivity contribution in [2.45, 2.75) is 31.1 Å². The van der Waals surface area contributed by atoms with Crippen LogP contribution >= 0.6 is 11.6 Å². The van der Waals surface area contributed by atoms with Gasteiger partial charge in [-0.25, -0.2) is 4.39 Å². The summed E-state index contributed by atoms with van der Waals surface area (Å²) >= 11 is 5.90.